The molecule has 2 rings (SSSR count). The molecule has 2 aromatic rings. The third kappa shape index (κ3) is 3.99. The monoisotopic (exact) mass is 309 g/mol. The number of anilines is 1. The zero-order chi connectivity index (χ0) is 15.4. The fraction of sp³-hybridized carbons (Fsp3) is 0.154. The number of aromatic carboxylic acids is 1. The molecular weight excluding hydrogens is 297 g/mol. The topological polar surface area (TPSA) is 91.3 Å². The number of carboxylic acid groups (broad SMARTS) is 1. The summed E-state index contributed by atoms with van der Waals surface area (Å²) in [7, 11) is 0. The van der Waals surface area contributed by atoms with E-state index in [4.69, 9.17) is 5.11 Å². The zero-order valence-corrected chi connectivity index (χ0v) is 11.8. The lowest BCUT2D eigenvalue weighted by molar-refractivity contribution is 0.0698. The van der Waals surface area contributed by atoms with Crippen molar-refractivity contribution in [2.75, 3.05) is 5.32 Å². The first-order valence-corrected chi connectivity index (χ1v) is 6.76. The summed E-state index contributed by atoms with van der Waals surface area (Å²) >= 11 is 1.44. The zero-order valence-electron chi connectivity index (χ0n) is 11.0. The Morgan fingerprint density at radius 1 is 1.43 bits per heavy atom. The maximum absolute atomic E-state index is 13.1. The van der Waals surface area contributed by atoms with Crippen LogP contribution in [0.2, 0.25) is 0 Å². The summed E-state index contributed by atoms with van der Waals surface area (Å²) in [6, 6.07) is 2.46. The molecular formula is C13H12FN3O3S. The van der Waals surface area contributed by atoms with Crippen LogP contribution in [0.3, 0.4) is 0 Å². The summed E-state index contributed by atoms with van der Waals surface area (Å²) in [5.41, 5.74) is -0.277. The smallest absolute Gasteiger partial charge is 0.337 e. The Balaban J connectivity index is 2.02. The van der Waals surface area contributed by atoms with Gasteiger partial charge in [0.2, 0.25) is 0 Å². The van der Waals surface area contributed by atoms with Crippen LogP contribution in [-0.2, 0) is 6.54 Å². The van der Waals surface area contributed by atoms with Gasteiger partial charge in [0, 0.05) is 11.1 Å². The van der Waals surface area contributed by atoms with Gasteiger partial charge in [-0.1, -0.05) is 0 Å². The second-order valence-electron chi connectivity index (χ2n) is 4.15. The number of benzene rings is 1. The molecule has 0 atom stereocenters. The lowest BCUT2D eigenvalue weighted by Gasteiger charge is -2.09. The molecule has 0 aliphatic rings. The molecule has 21 heavy (non-hydrogen) atoms. The number of nitrogens with one attached hydrogen (secondary N) is 2. The Morgan fingerprint density at radius 2 is 2.19 bits per heavy atom. The second-order valence-corrected chi connectivity index (χ2v) is 5.47. The molecule has 0 spiro atoms. The second kappa shape index (κ2) is 6.31. The van der Waals surface area contributed by atoms with Crippen LogP contribution >= 0.6 is 11.3 Å². The lowest BCUT2D eigenvalue weighted by atomic mass is 10.2. The number of carbonyl (C=O) groups is 2. The predicted molar refractivity (Wildman–Crippen MR) is 76.1 cm³/mol. The number of nitrogens with zero attached hydrogens (tertiary/aromatic N) is 1. The fourth-order valence-corrected chi connectivity index (χ4v) is 2.36. The van der Waals surface area contributed by atoms with E-state index in [0.29, 0.717) is 0 Å². The number of rotatable bonds is 4. The lowest BCUT2D eigenvalue weighted by Crippen LogP contribution is -2.28. The SMILES string of the molecule is Cc1ncc(CNC(=O)Nc2cc(F)ccc2C(=O)O)s1. The van der Waals surface area contributed by atoms with Crippen LogP contribution in [0.25, 0.3) is 0 Å². The number of aromatic nitrogens is 1. The highest BCUT2D eigenvalue weighted by Crippen LogP contribution is 2.17. The van der Waals surface area contributed by atoms with E-state index in [2.05, 4.69) is 15.6 Å². The van der Waals surface area contributed by atoms with E-state index >= 15 is 0 Å². The molecule has 0 aliphatic carbocycles. The Labute approximate surface area is 123 Å². The van der Waals surface area contributed by atoms with Crippen molar-refractivity contribution in [1.82, 2.24) is 10.3 Å². The Bertz CT molecular complexity index is 687. The number of aryl methyl sites for hydroxylation is 1. The molecule has 110 valence electrons. The van der Waals surface area contributed by atoms with Crippen molar-refractivity contribution in [1.29, 1.82) is 0 Å². The highest BCUT2D eigenvalue weighted by Gasteiger charge is 2.13. The summed E-state index contributed by atoms with van der Waals surface area (Å²) in [6.45, 7) is 2.11. The van der Waals surface area contributed by atoms with Crippen molar-refractivity contribution < 1.29 is 19.1 Å². The molecule has 3 N–H and O–H groups in total. The van der Waals surface area contributed by atoms with Gasteiger partial charge in [-0.05, 0) is 25.1 Å². The van der Waals surface area contributed by atoms with Crippen LogP contribution in [-0.4, -0.2) is 22.1 Å². The molecule has 0 aliphatic heterocycles. The number of amides is 2. The van der Waals surface area contributed by atoms with Gasteiger partial charge in [-0.25, -0.2) is 19.0 Å². The van der Waals surface area contributed by atoms with E-state index in [-0.39, 0.29) is 17.8 Å². The van der Waals surface area contributed by atoms with Crippen molar-refractivity contribution >= 4 is 29.0 Å². The summed E-state index contributed by atoms with van der Waals surface area (Å²) in [6.07, 6.45) is 1.64. The third-order valence-electron chi connectivity index (χ3n) is 2.55. The van der Waals surface area contributed by atoms with Gasteiger partial charge in [-0.2, -0.15) is 0 Å². The van der Waals surface area contributed by atoms with Crippen molar-refractivity contribution in [2.24, 2.45) is 0 Å². The Morgan fingerprint density at radius 3 is 2.81 bits per heavy atom. The Kier molecular flexibility index (Phi) is 4.49. The highest BCUT2D eigenvalue weighted by atomic mass is 32.1. The molecule has 0 unspecified atom stereocenters. The van der Waals surface area contributed by atoms with Crippen molar-refractivity contribution in [2.45, 2.75) is 13.5 Å². The first-order valence-electron chi connectivity index (χ1n) is 5.94. The number of hydrogen-bond donors (Lipinski definition) is 3. The van der Waals surface area contributed by atoms with Crippen LogP contribution in [0.1, 0.15) is 20.2 Å². The number of carboxylic acids is 1. The van der Waals surface area contributed by atoms with Crippen LogP contribution in [0, 0.1) is 12.7 Å². The molecule has 0 saturated carbocycles. The minimum Gasteiger partial charge on any atom is -0.478 e. The van der Waals surface area contributed by atoms with Gasteiger partial charge in [0.1, 0.15) is 5.82 Å². The number of halogens is 1. The van der Waals surface area contributed by atoms with E-state index in [1.54, 1.807) is 6.20 Å². The summed E-state index contributed by atoms with van der Waals surface area (Å²) < 4.78 is 13.1. The van der Waals surface area contributed by atoms with Crippen LogP contribution in [0.15, 0.2) is 24.4 Å². The number of urea groups is 1. The van der Waals surface area contributed by atoms with Crippen molar-refractivity contribution in [3.63, 3.8) is 0 Å². The minimum atomic E-state index is -1.25. The average Bonchev–Trinajstić information content (AvgIpc) is 2.82. The predicted octanol–water partition coefficient (Wildman–Crippen LogP) is 2.61. The first-order chi connectivity index (χ1) is 9.95. The molecule has 8 heteroatoms. The summed E-state index contributed by atoms with van der Waals surface area (Å²) in [5, 5.41) is 14.7. The number of carbonyl (C=O) groups excluding carboxylic acids is 1. The number of hydrogen-bond acceptors (Lipinski definition) is 4. The first kappa shape index (κ1) is 14.9. The van der Waals surface area contributed by atoms with E-state index in [9.17, 15) is 14.0 Å². The maximum atomic E-state index is 13.1. The Hall–Kier alpha value is -2.48. The van der Waals surface area contributed by atoms with Crippen LogP contribution < -0.4 is 10.6 Å². The standard InChI is InChI=1S/C13H12FN3O3S/c1-7-15-5-9(21-7)6-16-13(20)17-11-4-8(14)2-3-10(11)12(18)19/h2-5H,6H2,1H3,(H,18,19)(H2,16,17,20). The van der Waals surface area contributed by atoms with E-state index in [0.717, 1.165) is 28.1 Å². The van der Waals surface area contributed by atoms with Gasteiger partial charge in [-0.3, -0.25) is 0 Å². The van der Waals surface area contributed by atoms with E-state index in [1.165, 1.54) is 11.3 Å². The van der Waals surface area contributed by atoms with Crippen LogP contribution in [0.4, 0.5) is 14.9 Å². The van der Waals surface area contributed by atoms with Gasteiger partial charge in [-0.15, -0.1) is 11.3 Å². The number of thiazole rings is 1. The molecule has 2 amide bonds. The van der Waals surface area contributed by atoms with Crippen molar-refractivity contribution in [3.05, 3.63) is 45.7 Å². The molecule has 0 saturated heterocycles. The largest absolute Gasteiger partial charge is 0.478 e. The van der Waals surface area contributed by atoms with E-state index < -0.39 is 17.8 Å². The molecule has 1 heterocycles. The van der Waals surface area contributed by atoms with Crippen LogP contribution in [0.5, 0.6) is 0 Å². The van der Waals surface area contributed by atoms with Gasteiger partial charge in [0.15, 0.2) is 0 Å². The van der Waals surface area contributed by atoms with Gasteiger partial charge >= 0.3 is 12.0 Å². The molecule has 6 nitrogen and oxygen atoms in total. The quantitative estimate of drug-likeness (QED) is 0.809. The minimum absolute atomic E-state index is 0.0968. The summed E-state index contributed by atoms with van der Waals surface area (Å²) in [5.74, 6) is -1.88. The van der Waals surface area contributed by atoms with Crippen molar-refractivity contribution in [3.8, 4) is 0 Å². The molecule has 0 radical (unpaired) electrons. The highest BCUT2D eigenvalue weighted by molar-refractivity contribution is 7.11. The van der Waals surface area contributed by atoms with Gasteiger partial charge in [0.25, 0.3) is 0 Å². The van der Waals surface area contributed by atoms with E-state index in [1.807, 2.05) is 6.92 Å². The van der Waals surface area contributed by atoms with Gasteiger partial charge < -0.3 is 15.7 Å². The summed E-state index contributed by atoms with van der Waals surface area (Å²) in [4.78, 5) is 27.6. The molecule has 0 fully saturated rings. The maximum Gasteiger partial charge on any atom is 0.337 e. The normalized spacial score (nSPS) is 10.2. The molecule has 1 aromatic heterocycles. The molecule has 1 aromatic carbocycles. The average molecular weight is 309 g/mol. The molecule has 0 bridgehead atoms. The third-order valence-corrected chi connectivity index (χ3v) is 3.47. The fourth-order valence-electron chi connectivity index (χ4n) is 1.63. The van der Waals surface area contributed by atoms with Gasteiger partial charge in [0.05, 0.1) is 22.8 Å².